The Bertz CT molecular complexity index is 986. The molecule has 2 aromatic rings. The molecule has 0 bridgehead atoms. The fourth-order valence-electron chi connectivity index (χ4n) is 2.02. The van der Waals surface area contributed by atoms with Crippen molar-refractivity contribution in [1.29, 1.82) is 0 Å². The Kier molecular flexibility index (Phi) is 5.10. The number of amides is 1. The van der Waals surface area contributed by atoms with E-state index in [4.69, 9.17) is 5.73 Å². The highest BCUT2D eigenvalue weighted by atomic mass is 32.2. The molecule has 0 fully saturated rings. The van der Waals surface area contributed by atoms with Crippen LogP contribution in [0.5, 0.6) is 0 Å². The lowest BCUT2D eigenvalue weighted by Crippen LogP contribution is -2.23. The second kappa shape index (κ2) is 6.72. The predicted molar refractivity (Wildman–Crippen MR) is 80.0 cm³/mol. The molecule has 1 aromatic heterocycles. The van der Waals surface area contributed by atoms with Gasteiger partial charge in [0.1, 0.15) is 5.69 Å². The molecule has 27 heavy (non-hydrogen) atoms. The van der Waals surface area contributed by atoms with E-state index in [1.807, 2.05) is 0 Å². The molecule has 1 heterocycles. The van der Waals surface area contributed by atoms with Crippen molar-refractivity contribution >= 4 is 21.6 Å². The number of hydrogen-bond donors (Lipinski definition) is 2. The van der Waals surface area contributed by atoms with Gasteiger partial charge in [-0.05, 0) is 24.3 Å². The molecule has 0 atom stereocenters. The Morgan fingerprint density at radius 1 is 0.963 bits per heavy atom. The average molecular weight is 413 g/mol. The summed E-state index contributed by atoms with van der Waals surface area (Å²) >= 11 is 0. The summed E-state index contributed by atoms with van der Waals surface area (Å²) in [7, 11) is -4.93. The largest absolute Gasteiger partial charge is 0.433 e. The zero-order valence-electron chi connectivity index (χ0n) is 12.9. The summed E-state index contributed by atoms with van der Waals surface area (Å²) in [6, 6.07) is 4.00. The van der Waals surface area contributed by atoms with Crippen LogP contribution >= 0.6 is 0 Å². The van der Waals surface area contributed by atoms with Crippen molar-refractivity contribution < 1.29 is 39.6 Å². The smallest absolute Gasteiger partial charge is 0.364 e. The number of halogens is 6. The van der Waals surface area contributed by atoms with Crippen LogP contribution in [-0.2, 0) is 22.4 Å². The van der Waals surface area contributed by atoms with E-state index < -0.39 is 55.8 Å². The minimum absolute atomic E-state index is 0.347. The first kappa shape index (κ1) is 20.5. The minimum Gasteiger partial charge on any atom is -0.364 e. The van der Waals surface area contributed by atoms with Crippen molar-refractivity contribution in [3.63, 3.8) is 0 Å². The molecule has 13 heteroatoms. The van der Waals surface area contributed by atoms with Crippen LogP contribution in [0.4, 0.5) is 32.0 Å². The summed E-state index contributed by atoms with van der Waals surface area (Å²) in [4.78, 5) is 13.1. The average Bonchev–Trinajstić information content (AvgIpc) is 2.52. The zero-order valence-corrected chi connectivity index (χ0v) is 13.7. The van der Waals surface area contributed by atoms with Gasteiger partial charge in [-0.25, -0.2) is 13.4 Å². The van der Waals surface area contributed by atoms with Crippen LogP contribution in [0, 0.1) is 0 Å². The molecule has 0 radical (unpaired) electrons. The number of alkyl halides is 6. The Morgan fingerprint density at radius 3 is 2.07 bits per heavy atom. The fraction of sp³-hybridized carbons (Fsp3) is 0.143. The van der Waals surface area contributed by atoms with Crippen LogP contribution in [0.25, 0.3) is 0 Å². The Morgan fingerprint density at radius 2 is 1.56 bits per heavy atom. The number of rotatable bonds is 4. The van der Waals surface area contributed by atoms with E-state index in [1.165, 1.54) is 0 Å². The van der Waals surface area contributed by atoms with Gasteiger partial charge < -0.3 is 5.73 Å². The minimum atomic E-state index is -5.02. The first-order valence-corrected chi connectivity index (χ1v) is 8.29. The Labute approximate surface area is 148 Å². The van der Waals surface area contributed by atoms with E-state index in [9.17, 15) is 39.6 Å². The SMILES string of the molecule is NC(=O)c1nc(C(F)(F)F)ccc1NS(=O)(=O)c1ccccc1C(F)(F)F. The number of nitrogens with one attached hydrogen (secondary N) is 1. The molecule has 1 amide bonds. The van der Waals surface area contributed by atoms with Gasteiger partial charge in [0.25, 0.3) is 15.9 Å². The van der Waals surface area contributed by atoms with Crippen LogP contribution in [0.3, 0.4) is 0 Å². The van der Waals surface area contributed by atoms with Crippen LogP contribution in [0.15, 0.2) is 41.3 Å². The summed E-state index contributed by atoms with van der Waals surface area (Å²) in [6.07, 6.45) is -9.97. The van der Waals surface area contributed by atoms with Crippen LogP contribution < -0.4 is 10.5 Å². The molecular weight excluding hydrogens is 404 g/mol. The zero-order chi connectivity index (χ0) is 20.6. The lowest BCUT2D eigenvalue weighted by atomic mass is 10.2. The van der Waals surface area contributed by atoms with Crippen molar-refractivity contribution in [2.75, 3.05) is 4.72 Å². The normalized spacial score (nSPS) is 12.7. The van der Waals surface area contributed by atoms with Gasteiger partial charge in [-0.2, -0.15) is 26.3 Å². The topological polar surface area (TPSA) is 102 Å². The number of nitrogens with two attached hydrogens (primary N) is 1. The number of anilines is 1. The number of sulfonamides is 1. The number of hydrogen-bond acceptors (Lipinski definition) is 4. The molecule has 0 saturated heterocycles. The molecule has 6 nitrogen and oxygen atoms in total. The molecule has 1 aromatic carbocycles. The van der Waals surface area contributed by atoms with Gasteiger partial charge in [-0.15, -0.1) is 0 Å². The quantitative estimate of drug-likeness (QED) is 0.753. The lowest BCUT2D eigenvalue weighted by molar-refractivity contribution is -0.141. The number of pyridine rings is 1. The van der Waals surface area contributed by atoms with E-state index >= 15 is 0 Å². The van der Waals surface area contributed by atoms with Crippen LogP contribution in [0.1, 0.15) is 21.7 Å². The van der Waals surface area contributed by atoms with Gasteiger partial charge in [0, 0.05) is 0 Å². The van der Waals surface area contributed by atoms with Gasteiger partial charge in [0.05, 0.1) is 16.1 Å². The molecule has 3 N–H and O–H groups in total. The monoisotopic (exact) mass is 413 g/mol. The highest BCUT2D eigenvalue weighted by Crippen LogP contribution is 2.35. The lowest BCUT2D eigenvalue weighted by Gasteiger charge is -2.16. The standard InChI is InChI=1S/C14H9F6N3O3S/c15-13(16,17)7-3-1-2-4-9(7)27(25,26)23-8-5-6-10(14(18,19)20)22-11(8)12(21)24/h1-6,23H,(H2,21,24). The second-order valence-electron chi connectivity index (χ2n) is 5.05. The third kappa shape index (κ3) is 4.48. The number of nitrogens with zero attached hydrogens (tertiary/aromatic N) is 1. The number of benzene rings is 1. The third-order valence-electron chi connectivity index (χ3n) is 3.15. The van der Waals surface area contributed by atoms with Crippen molar-refractivity contribution in [3.05, 3.63) is 53.3 Å². The van der Waals surface area contributed by atoms with E-state index in [2.05, 4.69) is 4.98 Å². The molecule has 0 aliphatic rings. The molecule has 0 unspecified atom stereocenters. The number of carbonyl (C=O) groups excluding carboxylic acids is 1. The maximum atomic E-state index is 13.0. The summed E-state index contributed by atoms with van der Waals surface area (Å²) in [5.74, 6) is -1.51. The molecule has 2 rings (SSSR count). The molecule has 0 aliphatic heterocycles. The van der Waals surface area contributed by atoms with Crippen LogP contribution in [-0.4, -0.2) is 19.3 Å². The number of primary amides is 1. The summed E-state index contributed by atoms with van der Waals surface area (Å²) in [6.45, 7) is 0. The van der Waals surface area contributed by atoms with Crippen molar-refractivity contribution in [2.24, 2.45) is 5.73 Å². The molecule has 0 aliphatic carbocycles. The fourth-order valence-corrected chi connectivity index (χ4v) is 3.32. The van der Waals surface area contributed by atoms with E-state index in [0.717, 1.165) is 12.1 Å². The summed E-state index contributed by atoms with van der Waals surface area (Å²) < 4.78 is 103. The molecule has 0 spiro atoms. The first-order chi connectivity index (χ1) is 12.2. The second-order valence-corrected chi connectivity index (χ2v) is 6.70. The molecule has 0 saturated carbocycles. The number of carbonyl (C=O) groups is 1. The summed E-state index contributed by atoms with van der Waals surface area (Å²) in [5, 5.41) is 0. The maximum absolute atomic E-state index is 13.0. The van der Waals surface area contributed by atoms with Crippen molar-refractivity contribution in [1.82, 2.24) is 4.98 Å². The first-order valence-electron chi connectivity index (χ1n) is 6.80. The Hall–Kier alpha value is -2.83. The van der Waals surface area contributed by atoms with Crippen molar-refractivity contribution in [2.45, 2.75) is 17.2 Å². The third-order valence-corrected chi connectivity index (χ3v) is 4.57. The number of aromatic nitrogens is 1. The highest BCUT2D eigenvalue weighted by Gasteiger charge is 2.38. The van der Waals surface area contributed by atoms with Gasteiger partial charge >= 0.3 is 12.4 Å². The van der Waals surface area contributed by atoms with E-state index in [0.29, 0.717) is 24.3 Å². The van der Waals surface area contributed by atoms with Gasteiger partial charge in [0.2, 0.25) is 0 Å². The van der Waals surface area contributed by atoms with E-state index in [-0.39, 0.29) is 0 Å². The Balaban J connectivity index is 2.56. The highest BCUT2D eigenvalue weighted by molar-refractivity contribution is 7.92. The van der Waals surface area contributed by atoms with Gasteiger partial charge in [0.15, 0.2) is 5.69 Å². The molecule has 146 valence electrons. The van der Waals surface area contributed by atoms with Gasteiger partial charge in [-0.3, -0.25) is 9.52 Å². The molecular formula is C14H9F6N3O3S. The summed E-state index contributed by atoms with van der Waals surface area (Å²) in [5.41, 5.74) is -0.0323. The van der Waals surface area contributed by atoms with Gasteiger partial charge in [-0.1, -0.05) is 12.1 Å². The predicted octanol–water partition coefficient (Wildman–Crippen LogP) is 3.02. The van der Waals surface area contributed by atoms with E-state index in [1.54, 1.807) is 4.72 Å². The van der Waals surface area contributed by atoms with Crippen molar-refractivity contribution in [3.8, 4) is 0 Å². The van der Waals surface area contributed by atoms with Crippen LogP contribution in [0.2, 0.25) is 0 Å². The maximum Gasteiger partial charge on any atom is 0.433 e.